The summed E-state index contributed by atoms with van der Waals surface area (Å²) >= 11 is 0. The predicted molar refractivity (Wildman–Crippen MR) is 123 cm³/mol. The number of likely N-dealkylation sites (tertiary alicyclic amines) is 1. The summed E-state index contributed by atoms with van der Waals surface area (Å²) in [6.45, 7) is 9.13. The first-order chi connectivity index (χ1) is 15.4. The smallest absolute Gasteiger partial charge is 0.295 e. The number of carbonyl (C=O) groups excluding carboxylic acids is 2. The summed E-state index contributed by atoms with van der Waals surface area (Å²) in [5.41, 5.74) is 1.91. The SMILES string of the molecule is CCN(CC)CCCN1C(=O)C(=O)/C(=C(/O)c2ccc(OC)c(C)c2)[C@H]1c1ccccn1. The first-order valence-electron chi connectivity index (χ1n) is 11.0. The van der Waals surface area contributed by atoms with Gasteiger partial charge in [0.2, 0.25) is 0 Å². The van der Waals surface area contributed by atoms with Gasteiger partial charge in [0.15, 0.2) is 0 Å². The number of carbonyl (C=O) groups is 2. The number of benzene rings is 1. The molecule has 1 aromatic carbocycles. The maximum absolute atomic E-state index is 13.1. The normalized spacial score (nSPS) is 17.9. The lowest BCUT2D eigenvalue weighted by Gasteiger charge is -2.26. The zero-order valence-corrected chi connectivity index (χ0v) is 19.2. The van der Waals surface area contributed by atoms with Crippen molar-refractivity contribution in [3.8, 4) is 5.75 Å². The van der Waals surface area contributed by atoms with Crippen molar-refractivity contribution in [3.63, 3.8) is 0 Å². The number of ketones is 1. The highest BCUT2D eigenvalue weighted by molar-refractivity contribution is 6.46. The maximum atomic E-state index is 13.1. The Bertz CT molecular complexity index is 1000. The Morgan fingerprint density at radius 2 is 1.94 bits per heavy atom. The van der Waals surface area contributed by atoms with Crippen molar-refractivity contribution in [2.45, 2.75) is 33.2 Å². The summed E-state index contributed by atoms with van der Waals surface area (Å²) in [5, 5.41) is 11.1. The van der Waals surface area contributed by atoms with Gasteiger partial charge in [-0.3, -0.25) is 14.6 Å². The number of hydrogen-bond donors (Lipinski definition) is 1. The van der Waals surface area contributed by atoms with E-state index in [4.69, 9.17) is 4.74 Å². The number of amides is 1. The molecule has 1 aromatic heterocycles. The lowest BCUT2D eigenvalue weighted by Crippen LogP contribution is -2.33. The van der Waals surface area contributed by atoms with Crippen molar-refractivity contribution < 1.29 is 19.4 Å². The van der Waals surface area contributed by atoms with Crippen LogP contribution in [-0.2, 0) is 9.59 Å². The van der Waals surface area contributed by atoms with Crippen LogP contribution in [0.1, 0.15) is 43.1 Å². The third-order valence-electron chi connectivity index (χ3n) is 5.94. The summed E-state index contributed by atoms with van der Waals surface area (Å²) < 4.78 is 5.29. The minimum absolute atomic E-state index is 0.0705. The highest BCUT2D eigenvalue weighted by atomic mass is 16.5. The van der Waals surface area contributed by atoms with Crippen LogP contribution in [0.3, 0.4) is 0 Å². The maximum Gasteiger partial charge on any atom is 0.295 e. The topological polar surface area (TPSA) is 83.0 Å². The van der Waals surface area contributed by atoms with Crippen molar-refractivity contribution in [2.75, 3.05) is 33.3 Å². The van der Waals surface area contributed by atoms with Crippen LogP contribution in [0.2, 0.25) is 0 Å². The highest BCUT2D eigenvalue weighted by Gasteiger charge is 2.46. The summed E-state index contributed by atoms with van der Waals surface area (Å²) in [4.78, 5) is 34.3. The molecule has 2 aromatic rings. The van der Waals surface area contributed by atoms with Crippen LogP contribution in [0.25, 0.3) is 5.76 Å². The monoisotopic (exact) mass is 437 g/mol. The largest absolute Gasteiger partial charge is 0.507 e. The molecule has 170 valence electrons. The molecular weight excluding hydrogens is 406 g/mol. The average Bonchev–Trinajstić information content (AvgIpc) is 3.06. The molecule has 1 amide bonds. The van der Waals surface area contributed by atoms with Crippen molar-refractivity contribution in [1.82, 2.24) is 14.8 Å². The number of aromatic nitrogens is 1. The zero-order chi connectivity index (χ0) is 23.3. The summed E-state index contributed by atoms with van der Waals surface area (Å²) in [7, 11) is 1.58. The molecule has 32 heavy (non-hydrogen) atoms. The van der Waals surface area contributed by atoms with Crippen molar-refractivity contribution in [1.29, 1.82) is 0 Å². The van der Waals surface area contributed by atoms with Gasteiger partial charge in [-0.25, -0.2) is 0 Å². The van der Waals surface area contributed by atoms with Gasteiger partial charge in [0, 0.05) is 18.3 Å². The number of aliphatic hydroxyl groups is 1. The molecule has 1 fully saturated rings. The first-order valence-corrected chi connectivity index (χ1v) is 11.0. The van der Waals surface area contributed by atoms with Gasteiger partial charge in [0.25, 0.3) is 11.7 Å². The van der Waals surface area contributed by atoms with Crippen molar-refractivity contribution in [2.24, 2.45) is 0 Å². The lowest BCUT2D eigenvalue weighted by molar-refractivity contribution is -0.140. The molecule has 0 saturated carbocycles. The number of aliphatic hydroxyl groups excluding tert-OH is 1. The Morgan fingerprint density at radius 1 is 1.19 bits per heavy atom. The zero-order valence-electron chi connectivity index (χ0n) is 19.2. The van der Waals surface area contributed by atoms with Crippen LogP contribution >= 0.6 is 0 Å². The minimum atomic E-state index is -0.727. The minimum Gasteiger partial charge on any atom is -0.507 e. The molecule has 0 unspecified atom stereocenters. The van der Waals surface area contributed by atoms with Gasteiger partial charge in [-0.1, -0.05) is 19.9 Å². The van der Waals surface area contributed by atoms with E-state index >= 15 is 0 Å². The Balaban J connectivity index is 2.02. The van der Waals surface area contributed by atoms with Gasteiger partial charge in [0.05, 0.1) is 18.4 Å². The van der Waals surface area contributed by atoms with E-state index in [1.807, 2.05) is 13.0 Å². The fraction of sp³-hybridized carbons (Fsp3) is 0.400. The van der Waals surface area contributed by atoms with Gasteiger partial charge in [0.1, 0.15) is 17.6 Å². The Kier molecular flexibility index (Phi) is 7.64. The molecule has 0 spiro atoms. The summed E-state index contributed by atoms with van der Waals surface area (Å²) in [5.74, 6) is -0.808. The number of pyridine rings is 1. The molecular formula is C25H31N3O4. The fourth-order valence-electron chi connectivity index (χ4n) is 4.14. The molecule has 1 aliphatic rings. The van der Waals surface area contributed by atoms with E-state index in [1.165, 1.54) is 4.90 Å². The number of hydrogen-bond acceptors (Lipinski definition) is 6. The van der Waals surface area contributed by atoms with Gasteiger partial charge in [-0.2, -0.15) is 0 Å². The van der Waals surface area contributed by atoms with E-state index in [-0.39, 0.29) is 11.3 Å². The summed E-state index contributed by atoms with van der Waals surface area (Å²) in [6, 6.07) is 9.82. The second kappa shape index (κ2) is 10.4. The second-order valence-corrected chi connectivity index (χ2v) is 7.81. The van der Waals surface area contributed by atoms with Crippen LogP contribution in [0, 0.1) is 6.92 Å². The van der Waals surface area contributed by atoms with Gasteiger partial charge in [-0.05, 0) is 68.9 Å². The molecule has 7 heteroatoms. The van der Waals surface area contributed by atoms with Crippen LogP contribution < -0.4 is 4.74 Å². The van der Waals surface area contributed by atoms with Gasteiger partial charge in [-0.15, -0.1) is 0 Å². The molecule has 1 saturated heterocycles. The number of nitrogens with zero attached hydrogens (tertiary/aromatic N) is 3. The van der Waals surface area contributed by atoms with Crippen LogP contribution in [-0.4, -0.2) is 64.9 Å². The lowest BCUT2D eigenvalue weighted by atomic mass is 9.97. The Morgan fingerprint density at radius 3 is 2.53 bits per heavy atom. The molecule has 3 rings (SSSR count). The van der Waals surface area contributed by atoms with E-state index in [9.17, 15) is 14.7 Å². The number of ether oxygens (including phenoxy) is 1. The third-order valence-corrected chi connectivity index (χ3v) is 5.94. The molecule has 0 aliphatic carbocycles. The summed E-state index contributed by atoms with van der Waals surface area (Å²) in [6.07, 6.45) is 2.35. The highest BCUT2D eigenvalue weighted by Crippen LogP contribution is 2.39. The van der Waals surface area contributed by atoms with Crippen LogP contribution in [0.4, 0.5) is 0 Å². The Labute approximate surface area is 189 Å². The molecule has 0 radical (unpaired) electrons. The fourth-order valence-corrected chi connectivity index (χ4v) is 4.14. The van der Waals surface area contributed by atoms with E-state index in [0.29, 0.717) is 23.6 Å². The molecule has 2 heterocycles. The first kappa shape index (κ1) is 23.5. The number of methoxy groups -OCH3 is 1. The average molecular weight is 438 g/mol. The van der Waals surface area contributed by atoms with E-state index < -0.39 is 17.7 Å². The van der Waals surface area contributed by atoms with Crippen LogP contribution in [0.15, 0.2) is 48.2 Å². The van der Waals surface area contributed by atoms with Gasteiger partial charge < -0.3 is 19.6 Å². The molecule has 0 bridgehead atoms. The van der Waals surface area contributed by atoms with Crippen molar-refractivity contribution in [3.05, 3.63) is 65.0 Å². The van der Waals surface area contributed by atoms with Gasteiger partial charge >= 0.3 is 0 Å². The van der Waals surface area contributed by atoms with E-state index in [1.54, 1.807) is 43.6 Å². The molecule has 1 aliphatic heterocycles. The standard InChI is InChI=1S/C25H31N3O4/c1-5-27(6-2)14-9-15-28-22(19-10-7-8-13-26-19)21(24(30)25(28)31)23(29)18-11-12-20(32-4)17(3)16-18/h7-8,10-13,16,22,29H,5-6,9,14-15H2,1-4H3/b23-21+/t22-/m1/s1. The van der Waals surface area contributed by atoms with Crippen molar-refractivity contribution >= 4 is 17.4 Å². The number of rotatable bonds is 9. The van der Waals surface area contributed by atoms with E-state index in [2.05, 4.69) is 23.7 Å². The third kappa shape index (κ3) is 4.67. The molecule has 1 atom stereocenters. The second-order valence-electron chi connectivity index (χ2n) is 7.81. The van der Waals surface area contributed by atoms with Crippen LogP contribution in [0.5, 0.6) is 5.75 Å². The predicted octanol–water partition coefficient (Wildman–Crippen LogP) is 3.55. The molecule has 7 nitrogen and oxygen atoms in total. The number of aryl methyl sites for hydroxylation is 1. The van der Waals surface area contributed by atoms with E-state index in [0.717, 1.165) is 31.6 Å². The number of Topliss-reactive ketones (excluding diaryl/α,β-unsaturated/α-hetero) is 1. The quantitative estimate of drug-likeness (QED) is 0.367. The molecule has 1 N–H and O–H groups in total. The Hall–Kier alpha value is -3.19.